The molecule has 39 heavy (non-hydrogen) atoms. The fourth-order valence-electron chi connectivity index (χ4n) is 4.50. The zero-order valence-corrected chi connectivity index (χ0v) is 27.7. The first-order chi connectivity index (χ1) is 17.9. The minimum Gasteiger partial charge on any atom is -1.00 e. The van der Waals surface area contributed by atoms with Crippen molar-refractivity contribution in [3.05, 3.63) is 88.6 Å². The van der Waals surface area contributed by atoms with Gasteiger partial charge >= 0.3 is 57.1 Å². The minimum absolute atomic E-state index is 0. The maximum absolute atomic E-state index is 14.8. The average Bonchev–Trinajstić information content (AvgIpc) is 3.66. The molecular formula is C25H24FIKN5O5S. The summed E-state index contributed by atoms with van der Waals surface area (Å²) in [5, 5.41) is 2.95. The quantitative estimate of drug-likeness (QED) is 0.224. The Morgan fingerprint density at radius 3 is 2.38 bits per heavy atom. The number of anilines is 3. The van der Waals surface area contributed by atoms with Gasteiger partial charge in [-0.15, -0.1) is 0 Å². The standard InChI is InChI=1S/C25H23FIN5O5S.K.H/c1-13-21-20(22(30(2)23(13)33)28-19-10-7-14(27)11-18(19)26)24(34)32(16-8-9-16)25(35)31(21)17-6-4-5-15(12-17)29-38(3,36)37;;/h4-7,10-12,16,28-29H,8-9H2,1-3H3;;/q;+1;-1. The zero-order valence-electron chi connectivity index (χ0n) is 22.6. The van der Waals surface area contributed by atoms with Crippen molar-refractivity contribution < 1.29 is 65.6 Å². The van der Waals surface area contributed by atoms with E-state index in [2.05, 4.69) is 10.0 Å². The summed E-state index contributed by atoms with van der Waals surface area (Å²) < 4.78 is 45.1. The number of aryl methyl sites for hydroxylation is 1. The van der Waals surface area contributed by atoms with Gasteiger partial charge in [-0.05, 0) is 78.8 Å². The van der Waals surface area contributed by atoms with Crippen LogP contribution in [0.1, 0.15) is 25.9 Å². The third-order valence-corrected chi connectivity index (χ3v) is 7.62. The monoisotopic (exact) mass is 691 g/mol. The number of pyridine rings is 1. The molecule has 5 rings (SSSR count). The van der Waals surface area contributed by atoms with Crippen LogP contribution in [0.15, 0.2) is 56.8 Å². The summed E-state index contributed by atoms with van der Waals surface area (Å²) in [5.41, 5.74) is -1.03. The normalized spacial score (nSPS) is 13.3. The molecule has 2 aromatic carbocycles. The van der Waals surface area contributed by atoms with Gasteiger partial charge in [-0.25, -0.2) is 17.6 Å². The number of aromatic nitrogens is 3. The Morgan fingerprint density at radius 1 is 1.08 bits per heavy atom. The molecule has 1 aliphatic carbocycles. The number of sulfonamides is 1. The Labute approximate surface area is 280 Å². The third kappa shape index (κ3) is 5.82. The van der Waals surface area contributed by atoms with Gasteiger partial charge in [0.1, 0.15) is 17.0 Å². The molecule has 0 radical (unpaired) electrons. The van der Waals surface area contributed by atoms with Gasteiger partial charge in [0, 0.05) is 22.2 Å². The van der Waals surface area contributed by atoms with Gasteiger partial charge in [0.05, 0.1) is 28.8 Å². The van der Waals surface area contributed by atoms with Crippen molar-refractivity contribution in [2.45, 2.75) is 25.8 Å². The van der Waals surface area contributed by atoms with E-state index in [9.17, 15) is 27.2 Å². The molecule has 0 spiro atoms. The second-order valence-corrected chi connectivity index (χ2v) is 12.3. The van der Waals surface area contributed by atoms with E-state index in [0.717, 1.165) is 10.8 Å². The van der Waals surface area contributed by atoms with Crippen LogP contribution in [-0.4, -0.2) is 28.4 Å². The molecule has 1 saturated carbocycles. The van der Waals surface area contributed by atoms with E-state index in [-0.39, 0.29) is 98.2 Å². The van der Waals surface area contributed by atoms with Crippen LogP contribution in [0.4, 0.5) is 21.6 Å². The maximum Gasteiger partial charge on any atom is 1.00 e. The van der Waals surface area contributed by atoms with E-state index in [4.69, 9.17) is 0 Å². The Balaban J connectivity index is 0.00000220. The molecule has 4 aromatic rings. The Bertz CT molecular complexity index is 1940. The van der Waals surface area contributed by atoms with Gasteiger partial charge in [-0.3, -0.25) is 28.0 Å². The number of nitrogens with zero attached hydrogens (tertiary/aromatic N) is 3. The van der Waals surface area contributed by atoms with Crippen molar-refractivity contribution in [2.75, 3.05) is 16.3 Å². The van der Waals surface area contributed by atoms with E-state index in [0.29, 0.717) is 16.4 Å². The first-order valence-electron chi connectivity index (χ1n) is 11.6. The number of hydrogen-bond donors (Lipinski definition) is 2. The average molecular weight is 692 g/mol. The summed E-state index contributed by atoms with van der Waals surface area (Å²) in [7, 11) is -2.14. The summed E-state index contributed by atoms with van der Waals surface area (Å²) >= 11 is 1.98. The molecule has 2 heterocycles. The molecule has 0 aliphatic heterocycles. The first-order valence-corrected chi connectivity index (χ1v) is 14.6. The Morgan fingerprint density at radius 2 is 1.77 bits per heavy atom. The van der Waals surface area contributed by atoms with Crippen LogP contribution in [0.2, 0.25) is 0 Å². The zero-order chi connectivity index (χ0) is 27.5. The third-order valence-electron chi connectivity index (χ3n) is 6.35. The van der Waals surface area contributed by atoms with E-state index >= 15 is 0 Å². The van der Waals surface area contributed by atoms with Gasteiger partial charge in [0.2, 0.25) is 10.0 Å². The van der Waals surface area contributed by atoms with Crippen LogP contribution in [0.3, 0.4) is 0 Å². The number of hydrogen-bond acceptors (Lipinski definition) is 6. The van der Waals surface area contributed by atoms with E-state index < -0.39 is 32.6 Å². The van der Waals surface area contributed by atoms with E-state index in [1.807, 2.05) is 22.6 Å². The van der Waals surface area contributed by atoms with Gasteiger partial charge < -0.3 is 6.74 Å². The molecule has 2 N–H and O–H groups in total. The van der Waals surface area contributed by atoms with Crippen LogP contribution in [0.25, 0.3) is 16.6 Å². The molecule has 10 nitrogen and oxygen atoms in total. The molecule has 0 amide bonds. The SMILES string of the molecule is Cc1c(=O)n(C)c(Nc2ccc(I)cc2F)c2c(=O)n(C3CC3)c(=O)n(-c3cccc(NS(C)(=O)=O)c3)c12.[H-].[K+]. The van der Waals surface area contributed by atoms with Crippen LogP contribution in [-0.2, 0) is 17.1 Å². The van der Waals surface area contributed by atoms with Crippen molar-refractivity contribution >= 4 is 60.7 Å². The Hall–Kier alpha value is -1.82. The maximum atomic E-state index is 14.8. The van der Waals surface area contributed by atoms with Crippen LogP contribution in [0, 0.1) is 16.3 Å². The summed E-state index contributed by atoms with van der Waals surface area (Å²) in [6, 6.07) is 10.3. The number of fused-ring (bicyclic) bond motifs is 1. The van der Waals surface area contributed by atoms with Crippen molar-refractivity contribution in [1.82, 2.24) is 13.7 Å². The molecule has 200 valence electrons. The molecule has 1 fully saturated rings. The largest absolute Gasteiger partial charge is 1.00 e. The van der Waals surface area contributed by atoms with Crippen molar-refractivity contribution in [1.29, 1.82) is 0 Å². The predicted molar refractivity (Wildman–Crippen MR) is 154 cm³/mol. The smallest absolute Gasteiger partial charge is 1.00 e. The summed E-state index contributed by atoms with van der Waals surface area (Å²) in [5.74, 6) is -0.539. The molecule has 0 unspecified atom stereocenters. The number of rotatable bonds is 6. The van der Waals surface area contributed by atoms with Crippen LogP contribution in [0.5, 0.6) is 0 Å². The fourth-order valence-corrected chi connectivity index (χ4v) is 5.50. The summed E-state index contributed by atoms with van der Waals surface area (Å²) in [6.07, 6.45) is 2.27. The van der Waals surface area contributed by atoms with Crippen LogP contribution >= 0.6 is 22.6 Å². The van der Waals surface area contributed by atoms with Crippen LogP contribution < -0.4 is 78.2 Å². The second-order valence-electron chi connectivity index (χ2n) is 9.26. The van der Waals surface area contributed by atoms with Gasteiger partial charge in [-0.1, -0.05) is 6.07 Å². The molecule has 2 aromatic heterocycles. The topological polar surface area (TPSA) is 124 Å². The van der Waals surface area contributed by atoms with E-state index in [1.165, 1.54) is 47.4 Å². The molecule has 0 atom stereocenters. The predicted octanol–water partition coefficient (Wildman–Crippen LogP) is 0.470. The van der Waals surface area contributed by atoms with Gasteiger partial charge in [-0.2, -0.15) is 0 Å². The first kappa shape index (κ1) is 30.1. The molecule has 1 aliphatic rings. The van der Waals surface area contributed by atoms with Crippen molar-refractivity contribution in [3.8, 4) is 5.69 Å². The summed E-state index contributed by atoms with van der Waals surface area (Å²) in [6.45, 7) is 1.51. The van der Waals surface area contributed by atoms with E-state index in [1.54, 1.807) is 18.2 Å². The molecule has 0 saturated heterocycles. The molecular weight excluding hydrogens is 667 g/mol. The van der Waals surface area contributed by atoms with Gasteiger partial charge in [0.15, 0.2) is 0 Å². The van der Waals surface area contributed by atoms with Crippen molar-refractivity contribution in [2.24, 2.45) is 7.05 Å². The van der Waals surface area contributed by atoms with Gasteiger partial charge in [0.25, 0.3) is 11.1 Å². The fraction of sp³-hybridized carbons (Fsp3) is 0.240. The number of benzene rings is 2. The Kier molecular flexibility index (Phi) is 8.67. The molecule has 0 bridgehead atoms. The van der Waals surface area contributed by atoms with Crippen molar-refractivity contribution in [3.63, 3.8) is 0 Å². The molecule has 14 heteroatoms. The minimum atomic E-state index is -3.61. The second kappa shape index (κ2) is 11.2. The number of halogens is 2. The number of nitrogens with one attached hydrogen (secondary N) is 2. The summed E-state index contributed by atoms with van der Waals surface area (Å²) in [4.78, 5) is 41.0.